The Kier molecular flexibility index (Phi) is 3.92. The molecule has 1 heteroatoms. The average Bonchev–Trinajstić information content (AvgIpc) is 2.03. The molecule has 1 aliphatic rings. The van der Waals surface area contributed by atoms with Gasteiger partial charge < -0.3 is 4.74 Å². The van der Waals surface area contributed by atoms with Crippen LogP contribution in [0.1, 0.15) is 39.5 Å². The van der Waals surface area contributed by atoms with Gasteiger partial charge in [0.15, 0.2) is 0 Å². The Balaban J connectivity index is 2.05. The van der Waals surface area contributed by atoms with Crippen LogP contribution in [0.4, 0.5) is 0 Å². The largest absolute Gasteiger partial charge is 0.381 e. The summed E-state index contributed by atoms with van der Waals surface area (Å²) in [4.78, 5) is 0. The third-order valence-electron chi connectivity index (χ3n) is 2.49. The van der Waals surface area contributed by atoms with E-state index >= 15 is 0 Å². The van der Waals surface area contributed by atoms with Crippen molar-refractivity contribution in [3.63, 3.8) is 0 Å². The van der Waals surface area contributed by atoms with Crippen molar-refractivity contribution in [3.05, 3.63) is 0 Å². The summed E-state index contributed by atoms with van der Waals surface area (Å²) < 4.78 is 5.31. The SMILES string of the molecule is CC(C)CCC1CCOCC1. The molecule has 0 unspecified atom stereocenters. The minimum Gasteiger partial charge on any atom is -0.381 e. The number of hydrogen-bond donors (Lipinski definition) is 0. The molecule has 66 valence electrons. The van der Waals surface area contributed by atoms with E-state index < -0.39 is 0 Å². The third kappa shape index (κ3) is 3.76. The fourth-order valence-electron chi connectivity index (χ4n) is 1.60. The van der Waals surface area contributed by atoms with E-state index in [1.54, 1.807) is 0 Å². The van der Waals surface area contributed by atoms with Crippen molar-refractivity contribution >= 4 is 0 Å². The molecule has 1 nitrogen and oxygen atoms in total. The highest BCUT2D eigenvalue weighted by Gasteiger charge is 2.13. The second-order valence-corrected chi connectivity index (χ2v) is 4.03. The van der Waals surface area contributed by atoms with Gasteiger partial charge in [0.1, 0.15) is 0 Å². The summed E-state index contributed by atoms with van der Waals surface area (Å²) in [5.41, 5.74) is 0. The van der Waals surface area contributed by atoms with Crippen LogP contribution in [-0.2, 0) is 4.74 Å². The molecule has 0 N–H and O–H groups in total. The van der Waals surface area contributed by atoms with Gasteiger partial charge in [-0.2, -0.15) is 0 Å². The van der Waals surface area contributed by atoms with Crippen LogP contribution in [0.2, 0.25) is 0 Å². The number of ether oxygens (including phenoxy) is 1. The molecular formula is C10H20O. The summed E-state index contributed by atoms with van der Waals surface area (Å²) in [6, 6.07) is 0. The molecule has 0 aromatic heterocycles. The zero-order valence-corrected chi connectivity index (χ0v) is 7.81. The Morgan fingerprint density at radius 3 is 2.45 bits per heavy atom. The Morgan fingerprint density at radius 2 is 1.91 bits per heavy atom. The zero-order valence-electron chi connectivity index (χ0n) is 7.81. The van der Waals surface area contributed by atoms with Crippen LogP contribution in [0, 0.1) is 11.8 Å². The highest BCUT2D eigenvalue weighted by Crippen LogP contribution is 2.21. The maximum absolute atomic E-state index is 5.31. The molecule has 0 aromatic rings. The second-order valence-electron chi connectivity index (χ2n) is 4.03. The van der Waals surface area contributed by atoms with Gasteiger partial charge in [0, 0.05) is 13.2 Å². The molecular weight excluding hydrogens is 136 g/mol. The lowest BCUT2D eigenvalue weighted by atomic mass is 9.92. The molecule has 0 bridgehead atoms. The van der Waals surface area contributed by atoms with E-state index in [0.29, 0.717) is 0 Å². The molecule has 0 aliphatic carbocycles. The average molecular weight is 156 g/mol. The van der Waals surface area contributed by atoms with E-state index in [-0.39, 0.29) is 0 Å². The van der Waals surface area contributed by atoms with E-state index in [2.05, 4.69) is 13.8 Å². The fourth-order valence-corrected chi connectivity index (χ4v) is 1.60. The van der Waals surface area contributed by atoms with Gasteiger partial charge in [0.2, 0.25) is 0 Å². The van der Waals surface area contributed by atoms with Gasteiger partial charge >= 0.3 is 0 Å². The Bertz CT molecular complexity index is 93.0. The lowest BCUT2D eigenvalue weighted by molar-refractivity contribution is 0.0623. The van der Waals surface area contributed by atoms with Crippen LogP contribution < -0.4 is 0 Å². The quantitative estimate of drug-likeness (QED) is 0.610. The van der Waals surface area contributed by atoms with Gasteiger partial charge in [-0.1, -0.05) is 26.7 Å². The first-order valence-corrected chi connectivity index (χ1v) is 4.87. The normalized spacial score (nSPS) is 21.0. The zero-order chi connectivity index (χ0) is 8.10. The van der Waals surface area contributed by atoms with Crippen LogP contribution in [0.3, 0.4) is 0 Å². The summed E-state index contributed by atoms with van der Waals surface area (Å²) in [7, 11) is 0. The van der Waals surface area contributed by atoms with Crippen LogP contribution in [0.5, 0.6) is 0 Å². The minimum atomic E-state index is 0.873. The standard InChI is InChI=1S/C10H20O/c1-9(2)3-4-10-5-7-11-8-6-10/h9-10H,3-8H2,1-2H3. The molecule has 1 saturated heterocycles. The first-order valence-electron chi connectivity index (χ1n) is 4.87. The van der Waals surface area contributed by atoms with E-state index in [1.807, 2.05) is 0 Å². The number of hydrogen-bond acceptors (Lipinski definition) is 1. The molecule has 1 rings (SSSR count). The molecule has 1 heterocycles. The Morgan fingerprint density at radius 1 is 1.27 bits per heavy atom. The van der Waals surface area contributed by atoms with E-state index in [0.717, 1.165) is 25.0 Å². The van der Waals surface area contributed by atoms with Crippen molar-refractivity contribution in [2.45, 2.75) is 39.5 Å². The lowest BCUT2D eigenvalue weighted by Crippen LogP contribution is -2.15. The first-order chi connectivity index (χ1) is 5.29. The van der Waals surface area contributed by atoms with Crippen molar-refractivity contribution in [1.82, 2.24) is 0 Å². The van der Waals surface area contributed by atoms with Crippen molar-refractivity contribution in [1.29, 1.82) is 0 Å². The molecule has 0 radical (unpaired) electrons. The predicted octanol–water partition coefficient (Wildman–Crippen LogP) is 2.85. The van der Waals surface area contributed by atoms with Crippen molar-refractivity contribution in [2.24, 2.45) is 11.8 Å². The summed E-state index contributed by atoms with van der Waals surface area (Å²) in [5.74, 6) is 1.84. The van der Waals surface area contributed by atoms with Crippen LogP contribution in [0.25, 0.3) is 0 Å². The highest BCUT2D eigenvalue weighted by atomic mass is 16.5. The van der Waals surface area contributed by atoms with Crippen molar-refractivity contribution in [2.75, 3.05) is 13.2 Å². The van der Waals surface area contributed by atoms with Gasteiger partial charge in [-0.25, -0.2) is 0 Å². The molecule has 1 aliphatic heterocycles. The molecule has 0 spiro atoms. The molecule has 0 saturated carbocycles. The second kappa shape index (κ2) is 4.76. The molecule has 1 fully saturated rings. The lowest BCUT2D eigenvalue weighted by Gasteiger charge is -2.22. The Labute approximate surface area is 70.1 Å². The van der Waals surface area contributed by atoms with Gasteiger partial charge in [0.25, 0.3) is 0 Å². The molecule has 11 heavy (non-hydrogen) atoms. The monoisotopic (exact) mass is 156 g/mol. The van der Waals surface area contributed by atoms with E-state index in [1.165, 1.54) is 25.7 Å². The maximum Gasteiger partial charge on any atom is 0.0468 e. The topological polar surface area (TPSA) is 9.23 Å². The summed E-state index contributed by atoms with van der Waals surface area (Å²) >= 11 is 0. The smallest absolute Gasteiger partial charge is 0.0468 e. The van der Waals surface area contributed by atoms with Gasteiger partial charge in [-0.05, 0) is 24.7 Å². The van der Waals surface area contributed by atoms with Gasteiger partial charge in [0.05, 0.1) is 0 Å². The molecule has 0 aromatic carbocycles. The maximum atomic E-state index is 5.31. The van der Waals surface area contributed by atoms with Crippen molar-refractivity contribution in [3.8, 4) is 0 Å². The van der Waals surface area contributed by atoms with E-state index in [9.17, 15) is 0 Å². The summed E-state index contributed by atoms with van der Waals surface area (Å²) in [5, 5.41) is 0. The predicted molar refractivity (Wildman–Crippen MR) is 47.6 cm³/mol. The highest BCUT2D eigenvalue weighted by molar-refractivity contribution is 4.63. The minimum absolute atomic E-state index is 0.873. The fraction of sp³-hybridized carbons (Fsp3) is 1.00. The van der Waals surface area contributed by atoms with Crippen LogP contribution in [-0.4, -0.2) is 13.2 Å². The first kappa shape index (κ1) is 9.05. The van der Waals surface area contributed by atoms with E-state index in [4.69, 9.17) is 4.74 Å². The third-order valence-corrected chi connectivity index (χ3v) is 2.49. The molecule has 0 atom stereocenters. The van der Waals surface area contributed by atoms with Gasteiger partial charge in [-0.3, -0.25) is 0 Å². The molecule has 0 amide bonds. The number of rotatable bonds is 3. The summed E-state index contributed by atoms with van der Waals surface area (Å²) in [6.45, 7) is 6.62. The summed E-state index contributed by atoms with van der Waals surface area (Å²) in [6.07, 6.45) is 5.41. The van der Waals surface area contributed by atoms with Crippen LogP contribution in [0.15, 0.2) is 0 Å². The van der Waals surface area contributed by atoms with Crippen molar-refractivity contribution < 1.29 is 4.74 Å². The van der Waals surface area contributed by atoms with Gasteiger partial charge in [-0.15, -0.1) is 0 Å². The van der Waals surface area contributed by atoms with Crippen LogP contribution >= 0.6 is 0 Å². The Hall–Kier alpha value is -0.0400.